The van der Waals surface area contributed by atoms with Gasteiger partial charge in [-0.2, -0.15) is 0 Å². The Bertz CT molecular complexity index is 520. The van der Waals surface area contributed by atoms with E-state index in [9.17, 15) is 5.11 Å². The molecule has 0 fully saturated rings. The lowest BCUT2D eigenvalue weighted by Crippen LogP contribution is -2.14. The third-order valence-corrected chi connectivity index (χ3v) is 3.61. The molecule has 2 rings (SSSR count). The average molecular weight is 268 g/mol. The molecule has 1 nitrogen and oxygen atoms in total. The van der Waals surface area contributed by atoms with E-state index in [1.807, 2.05) is 18.2 Å². The summed E-state index contributed by atoms with van der Waals surface area (Å²) in [4.78, 5) is 0. The maximum atomic E-state index is 10.2. The van der Waals surface area contributed by atoms with Crippen LogP contribution in [-0.4, -0.2) is 11.2 Å². The number of hydrogen-bond donors (Lipinski definition) is 1. The predicted molar refractivity (Wildman–Crippen MR) is 85.0 cm³/mol. The Kier molecular flexibility index (Phi) is 4.61. The first-order valence-electron chi connectivity index (χ1n) is 7.26. The Labute approximate surface area is 122 Å². The lowest BCUT2D eigenvalue weighted by atomic mass is 9.86. The second-order valence-corrected chi connectivity index (χ2v) is 6.49. The SMILES string of the molecule is CC(C)(C)c1ccc(CC(O)Cc2ccccc2)cc1. The highest BCUT2D eigenvalue weighted by Crippen LogP contribution is 2.22. The van der Waals surface area contributed by atoms with Gasteiger partial charge in [0.05, 0.1) is 6.10 Å². The molecule has 0 spiro atoms. The molecule has 1 N–H and O–H groups in total. The Morgan fingerprint density at radius 2 is 1.30 bits per heavy atom. The topological polar surface area (TPSA) is 20.2 Å². The molecule has 0 aliphatic carbocycles. The number of aliphatic hydroxyl groups excluding tert-OH is 1. The molecule has 106 valence electrons. The van der Waals surface area contributed by atoms with Gasteiger partial charge in [0.2, 0.25) is 0 Å². The van der Waals surface area contributed by atoms with E-state index in [1.54, 1.807) is 0 Å². The molecule has 0 aliphatic rings. The lowest BCUT2D eigenvalue weighted by Gasteiger charge is -2.19. The molecule has 0 saturated carbocycles. The summed E-state index contributed by atoms with van der Waals surface area (Å²) in [6, 6.07) is 18.8. The molecular formula is C19H24O. The molecule has 1 heteroatoms. The molecule has 0 radical (unpaired) electrons. The minimum atomic E-state index is -0.321. The molecule has 1 atom stereocenters. The molecule has 1 unspecified atom stereocenters. The fourth-order valence-electron chi connectivity index (χ4n) is 2.37. The van der Waals surface area contributed by atoms with Crippen molar-refractivity contribution in [2.24, 2.45) is 0 Å². The standard InChI is InChI=1S/C19H24O/c1-19(2,3)17-11-9-16(10-12-17)14-18(20)13-15-7-5-4-6-8-15/h4-12,18,20H,13-14H2,1-3H3. The average Bonchev–Trinajstić information content (AvgIpc) is 2.39. The smallest absolute Gasteiger partial charge is 0.0620 e. The van der Waals surface area contributed by atoms with Crippen LogP contribution in [0.1, 0.15) is 37.5 Å². The highest BCUT2D eigenvalue weighted by molar-refractivity contribution is 5.28. The van der Waals surface area contributed by atoms with Crippen molar-refractivity contribution in [3.8, 4) is 0 Å². The van der Waals surface area contributed by atoms with E-state index in [1.165, 1.54) is 16.7 Å². The summed E-state index contributed by atoms with van der Waals surface area (Å²) < 4.78 is 0. The van der Waals surface area contributed by atoms with Gasteiger partial charge >= 0.3 is 0 Å². The van der Waals surface area contributed by atoms with E-state index in [2.05, 4.69) is 57.2 Å². The summed E-state index contributed by atoms with van der Waals surface area (Å²) in [5, 5.41) is 10.2. The van der Waals surface area contributed by atoms with Crippen molar-refractivity contribution in [2.75, 3.05) is 0 Å². The van der Waals surface area contributed by atoms with E-state index in [0.717, 1.165) is 0 Å². The highest BCUT2D eigenvalue weighted by Gasteiger charge is 2.13. The number of benzene rings is 2. The molecule has 0 amide bonds. The van der Waals surface area contributed by atoms with Crippen molar-refractivity contribution in [1.29, 1.82) is 0 Å². The number of hydrogen-bond acceptors (Lipinski definition) is 1. The van der Waals surface area contributed by atoms with Crippen molar-refractivity contribution in [1.82, 2.24) is 0 Å². The van der Waals surface area contributed by atoms with E-state index in [4.69, 9.17) is 0 Å². The van der Waals surface area contributed by atoms with E-state index in [0.29, 0.717) is 12.8 Å². The van der Waals surface area contributed by atoms with Gasteiger partial charge in [-0.15, -0.1) is 0 Å². The van der Waals surface area contributed by atoms with E-state index >= 15 is 0 Å². The van der Waals surface area contributed by atoms with Gasteiger partial charge in [0, 0.05) is 0 Å². The molecule has 0 saturated heterocycles. The lowest BCUT2D eigenvalue weighted by molar-refractivity contribution is 0.175. The Hall–Kier alpha value is -1.60. The normalized spacial score (nSPS) is 13.2. The largest absolute Gasteiger partial charge is 0.392 e. The monoisotopic (exact) mass is 268 g/mol. The third-order valence-electron chi connectivity index (χ3n) is 3.61. The zero-order valence-electron chi connectivity index (χ0n) is 12.6. The van der Waals surface area contributed by atoms with Crippen molar-refractivity contribution < 1.29 is 5.11 Å². The minimum absolute atomic E-state index is 0.182. The van der Waals surface area contributed by atoms with Gasteiger partial charge in [0.25, 0.3) is 0 Å². The van der Waals surface area contributed by atoms with Crippen LogP contribution < -0.4 is 0 Å². The maximum Gasteiger partial charge on any atom is 0.0620 e. The van der Waals surface area contributed by atoms with Crippen LogP contribution in [0.3, 0.4) is 0 Å². The van der Waals surface area contributed by atoms with Gasteiger partial charge in [-0.3, -0.25) is 0 Å². The van der Waals surface area contributed by atoms with Crippen LogP contribution in [0.4, 0.5) is 0 Å². The van der Waals surface area contributed by atoms with Crippen molar-refractivity contribution >= 4 is 0 Å². The van der Waals surface area contributed by atoms with E-state index in [-0.39, 0.29) is 11.5 Å². The first kappa shape index (κ1) is 14.8. The van der Waals surface area contributed by atoms with Gasteiger partial charge in [-0.05, 0) is 34.9 Å². The van der Waals surface area contributed by atoms with Gasteiger partial charge in [0.15, 0.2) is 0 Å². The Balaban J connectivity index is 1.96. The first-order valence-corrected chi connectivity index (χ1v) is 7.26. The van der Waals surface area contributed by atoms with Crippen LogP contribution in [0.25, 0.3) is 0 Å². The molecule has 0 bridgehead atoms. The van der Waals surface area contributed by atoms with Crippen LogP contribution in [0.5, 0.6) is 0 Å². The molecule has 0 aromatic heterocycles. The fourth-order valence-corrected chi connectivity index (χ4v) is 2.37. The van der Waals surface area contributed by atoms with E-state index < -0.39 is 0 Å². The van der Waals surface area contributed by atoms with Gasteiger partial charge in [-0.25, -0.2) is 0 Å². The van der Waals surface area contributed by atoms with Gasteiger partial charge in [-0.1, -0.05) is 75.4 Å². The molecule has 0 heterocycles. The molecule has 2 aromatic carbocycles. The zero-order chi connectivity index (χ0) is 14.6. The van der Waals surface area contributed by atoms with Crippen molar-refractivity contribution in [3.63, 3.8) is 0 Å². The quantitative estimate of drug-likeness (QED) is 0.884. The Morgan fingerprint density at radius 1 is 0.800 bits per heavy atom. The number of rotatable bonds is 4. The molecular weight excluding hydrogens is 244 g/mol. The summed E-state index contributed by atoms with van der Waals surface area (Å²) in [5.74, 6) is 0. The molecule has 2 aromatic rings. The van der Waals surface area contributed by atoms with Crippen LogP contribution in [0.15, 0.2) is 54.6 Å². The van der Waals surface area contributed by atoms with Crippen LogP contribution >= 0.6 is 0 Å². The van der Waals surface area contributed by atoms with Gasteiger partial charge < -0.3 is 5.11 Å². The summed E-state index contributed by atoms with van der Waals surface area (Å²) in [6.07, 6.45) is 1.10. The summed E-state index contributed by atoms with van der Waals surface area (Å²) in [7, 11) is 0. The van der Waals surface area contributed by atoms with Crippen molar-refractivity contribution in [3.05, 3.63) is 71.3 Å². The van der Waals surface area contributed by atoms with Crippen molar-refractivity contribution in [2.45, 2.75) is 45.1 Å². The highest BCUT2D eigenvalue weighted by atomic mass is 16.3. The summed E-state index contributed by atoms with van der Waals surface area (Å²) in [6.45, 7) is 6.64. The summed E-state index contributed by atoms with van der Waals surface area (Å²) in [5.41, 5.74) is 3.90. The Morgan fingerprint density at radius 3 is 1.80 bits per heavy atom. The number of aliphatic hydroxyl groups is 1. The summed E-state index contributed by atoms with van der Waals surface area (Å²) >= 11 is 0. The van der Waals surface area contributed by atoms with Crippen LogP contribution in [0, 0.1) is 0 Å². The van der Waals surface area contributed by atoms with Crippen LogP contribution in [0.2, 0.25) is 0 Å². The zero-order valence-corrected chi connectivity index (χ0v) is 12.6. The second kappa shape index (κ2) is 6.23. The third kappa shape index (κ3) is 4.21. The van der Waals surface area contributed by atoms with Crippen LogP contribution in [-0.2, 0) is 18.3 Å². The first-order chi connectivity index (χ1) is 9.45. The molecule has 0 aliphatic heterocycles. The minimum Gasteiger partial charge on any atom is -0.392 e. The fraction of sp³-hybridized carbons (Fsp3) is 0.368. The molecule has 20 heavy (non-hydrogen) atoms. The second-order valence-electron chi connectivity index (χ2n) is 6.49. The predicted octanol–water partition coefficient (Wildman–Crippen LogP) is 4.13. The maximum absolute atomic E-state index is 10.2. The van der Waals surface area contributed by atoms with Gasteiger partial charge in [0.1, 0.15) is 0 Å².